The van der Waals surface area contributed by atoms with Crippen molar-refractivity contribution in [1.29, 1.82) is 0 Å². The summed E-state index contributed by atoms with van der Waals surface area (Å²) < 4.78 is 11.8. The molecule has 1 aliphatic rings. The summed E-state index contributed by atoms with van der Waals surface area (Å²) in [7, 11) is 0. The highest BCUT2D eigenvalue weighted by atomic mass is 35.5. The summed E-state index contributed by atoms with van der Waals surface area (Å²) in [5.74, 6) is 1.33. The number of aromatic nitrogens is 1. The van der Waals surface area contributed by atoms with Crippen molar-refractivity contribution in [3.63, 3.8) is 0 Å². The second-order valence-corrected chi connectivity index (χ2v) is 8.69. The Morgan fingerprint density at radius 1 is 1.09 bits per heavy atom. The zero-order chi connectivity index (χ0) is 23.4. The monoisotopic (exact) mass is 486 g/mol. The van der Waals surface area contributed by atoms with E-state index in [4.69, 9.17) is 38.4 Å². The van der Waals surface area contributed by atoms with Crippen LogP contribution in [0.4, 0.5) is 5.82 Å². The van der Waals surface area contributed by atoms with Crippen molar-refractivity contribution in [3.8, 4) is 22.6 Å². The highest BCUT2D eigenvalue weighted by Crippen LogP contribution is 2.40. The van der Waals surface area contributed by atoms with Gasteiger partial charge in [0.25, 0.3) is 0 Å². The lowest BCUT2D eigenvalue weighted by Gasteiger charge is -2.25. The molecule has 1 aromatic heterocycles. The maximum absolute atomic E-state index is 6.55. The van der Waals surface area contributed by atoms with Gasteiger partial charge in [-0.25, -0.2) is 4.98 Å². The van der Waals surface area contributed by atoms with Crippen LogP contribution >= 0.6 is 23.2 Å². The van der Waals surface area contributed by atoms with Crippen molar-refractivity contribution in [1.82, 2.24) is 15.6 Å². The number of piperazine rings is 1. The van der Waals surface area contributed by atoms with E-state index in [9.17, 15) is 0 Å². The maximum atomic E-state index is 6.55. The van der Waals surface area contributed by atoms with Gasteiger partial charge in [-0.05, 0) is 43.2 Å². The Morgan fingerprint density at radius 2 is 1.88 bits per heavy atom. The van der Waals surface area contributed by atoms with Crippen LogP contribution in [0.25, 0.3) is 11.1 Å². The van der Waals surface area contributed by atoms with E-state index in [0.717, 1.165) is 30.8 Å². The second-order valence-electron chi connectivity index (χ2n) is 7.91. The normalized spacial score (nSPS) is 16.9. The van der Waals surface area contributed by atoms with E-state index < -0.39 is 6.10 Å². The molecule has 1 aliphatic heterocycles. The molecule has 0 saturated carbocycles. The third-order valence-corrected chi connectivity index (χ3v) is 6.39. The third-order valence-electron chi connectivity index (χ3n) is 5.67. The number of nitrogen functional groups attached to an aromatic ring is 1. The Balaban J connectivity index is 1.56. The molecule has 6 nitrogen and oxygen atoms in total. The molecule has 33 heavy (non-hydrogen) atoms. The molecule has 0 bridgehead atoms. The molecule has 4 N–H and O–H groups in total. The molecular weight excluding hydrogens is 459 g/mol. The minimum absolute atomic E-state index is 0.299. The number of ether oxygens (including phenoxy) is 2. The fraction of sp³-hybridized carbons (Fsp3) is 0.320. The standard InChI is InChI=1S/C25H28Cl2N4O2/c1-3-32-21-9-8-19(26)23(24(21)27)15(2)33-22-12-18(13-31-25(22)28)16-4-6-17(7-5-16)20-14-29-10-11-30-20/h4-9,12-13,15,20,29-30H,3,10-11,14H2,1-2H3,(H2,28,31). The summed E-state index contributed by atoms with van der Waals surface area (Å²) >= 11 is 13.0. The first-order valence-corrected chi connectivity index (χ1v) is 11.8. The van der Waals surface area contributed by atoms with E-state index in [2.05, 4.69) is 39.9 Å². The lowest BCUT2D eigenvalue weighted by atomic mass is 10.0. The van der Waals surface area contributed by atoms with E-state index in [-0.39, 0.29) is 0 Å². The quantitative estimate of drug-likeness (QED) is 0.414. The predicted molar refractivity (Wildman–Crippen MR) is 134 cm³/mol. The van der Waals surface area contributed by atoms with Crippen LogP contribution in [0.5, 0.6) is 11.5 Å². The van der Waals surface area contributed by atoms with Crippen molar-refractivity contribution in [2.75, 3.05) is 32.0 Å². The summed E-state index contributed by atoms with van der Waals surface area (Å²) in [6.45, 7) is 7.16. The largest absolute Gasteiger partial charge is 0.492 e. The molecule has 1 saturated heterocycles. The molecule has 174 valence electrons. The summed E-state index contributed by atoms with van der Waals surface area (Å²) in [6, 6.07) is 14.2. The number of benzene rings is 2. The molecule has 2 aromatic carbocycles. The Bertz CT molecular complexity index is 1100. The molecule has 0 amide bonds. The van der Waals surface area contributed by atoms with Gasteiger partial charge in [-0.2, -0.15) is 0 Å². The Kier molecular flexibility index (Phi) is 7.60. The lowest BCUT2D eigenvalue weighted by molar-refractivity contribution is 0.227. The molecule has 3 aromatic rings. The van der Waals surface area contributed by atoms with Gasteiger partial charge in [0.15, 0.2) is 11.6 Å². The fourth-order valence-corrected chi connectivity index (χ4v) is 4.68. The molecule has 8 heteroatoms. The number of rotatable bonds is 7. The van der Waals surface area contributed by atoms with E-state index in [1.807, 2.05) is 19.9 Å². The maximum Gasteiger partial charge on any atom is 0.166 e. The molecule has 1 fully saturated rings. The van der Waals surface area contributed by atoms with Crippen molar-refractivity contribution >= 4 is 29.0 Å². The average molecular weight is 487 g/mol. The molecular formula is C25H28Cl2N4O2. The van der Waals surface area contributed by atoms with Crippen molar-refractivity contribution in [2.24, 2.45) is 0 Å². The first kappa shape index (κ1) is 23.6. The van der Waals surface area contributed by atoms with Crippen molar-refractivity contribution in [2.45, 2.75) is 26.0 Å². The van der Waals surface area contributed by atoms with Crippen LogP contribution in [-0.2, 0) is 0 Å². The first-order valence-electron chi connectivity index (χ1n) is 11.0. The molecule has 2 heterocycles. The van der Waals surface area contributed by atoms with E-state index in [1.165, 1.54) is 5.56 Å². The number of halogens is 2. The van der Waals surface area contributed by atoms with Gasteiger partial charge in [-0.3, -0.25) is 0 Å². The third kappa shape index (κ3) is 5.36. The molecule has 0 aliphatic carbocycles. The minimum atomic E-state index is -0.461. The number of nitrogens with zero attached hydrogens (tertiary/aromatic N) is 1. The average Bonchev–Trinajstić information content (AvgIpc) is 2.83. The van der Waals surface area contributed by atoms with Gasteiger partial charge in [0, 0.05) is 48.0 Å². The van der Waals surface area contributed by atoms with Crippen LogP contribution in [0.15, 0.2) is 48.7 Å². The predicted octanol–water partition coefficient (Wildman–Crippen LogP) is 5.41. The zero-order valence-corrected chi connectivity index (χ0v) is 20.2. The Hall–Kier alpha value is -2.51. The summed E-state index contributed by atoms with van der Waals surface area (Å²) in [5.41, 5.74) is 9.96. The highest BCUT2D eigenvalue weighted by Gasteiger charge is 2.21. The van der Waals surface area contributed by atoms with Crippen LogP contribution < -0.4 is 25.8 Å². The number of hydrogen-bond acceptors (Lipinski definition) is 6. The summed E-state index contributed by atoms with van der Waals surface area (Å²) in [4.78, 5) is 4.35. The number of anilines is 1. The van der Waals surface area contributed by atoms with Gasteiger partial charge < -0.3 is 25.8 Å². The Morgan fingerprint density at radius 3 is 2.58 bits per heavy atom. The fourth-order valence-electron chi connectivity index (χ4n) is 3.94. The molecule has 0 spiro atoms. The number of nitrogens with two attached hydrogens (primary N) is 1. The topological polar surface area (TPSA) is 81.4 Å². The van der Waals surface area contributed by atoms with Gasteiger partial charge in [-0.15, -0.1) is 0 Å². The van der Waals surface area contributed by atoms with Gasteiger partial charge in [0.1, 0.15) is 11.9 Å². The van der Waals surface area contributed by atoms with Crippen LogP contribution in [0.3, 0.4) is 0 Å². The number of hydrogen-bond donors (Lipinski definition) is 3. The van der Waals surface area contributed by atoms with Gasteiger partial charge in [-0.1, -0.05) is 47.5 Å². The summed E-state index contributed by atoms with van der Waals surface area (Å²) in [6.07, 6.45) is 1.29. The van der Waals surface area contributed by atoms with Crippen LogP contribution in [0.1, 0.15) is 37.1 Å². The summed E-state index contributed by atoms with van der Waals surface area (Å²) in [5, 5.41) is 7.87. The highest BCUT2D eigenvalue weighted by molar-refractivity contribution is 6.37. The second kappa shape index (κ2) is 10.6. The van der Waals surface area contributed by atoms with E-state index >= 15 is 0 Å². The molecule has 2 unspecified atom stereocenters. The molecule has 4 rings (SSSR count). The van der Waals surface area contributed by atoms with Crippen molar-refractivity contribution < 1.29 is 9.47 Å². The molecule has 0 radical (unpaired) electrons. The number of pyridine rings is 1. The van der Waals surface area contributed by atoms with Gasteiger partial charge in [0.05, 0.1) is 11.6 Å². The van der Waals surface area contributed by atoms with Crippen molar-refractivity contribution in [3.05, 3.63) is 69.8 Å². The first-order chi connectivity index (χ1) is 16.0. The van der Waals surface area contributed by atoms with E-state index in [1.54, 1.807) is 18.3 Å². The SMILES string of the molecule is CCOc1ccc(Cl)c(C(C)Oc2cc(-c3ccc(C4CNCCN4)cc3)cnc2N)c1Cl. The zero-order valence-electron chi connectivity index (χ0n) is 18.7. The van der Waals surface area contributed by atoms with E-state index in [0.29, 0.717) is 45.6 Å². The van der Waals surface area contributed by atoms with Gasteiger partial charge in [0.2, 0.25) is 0 Å². The van der Waals surface area contributed by atoms with Crippen LogP contribution in [0, 0.1) is 0 Å². The van der Waals surface area contributed by atoms with Crippen LogP contribution in [0.2, 0.25) is 10.0 Å². The smallest absolute Gasteiger partial charge is 0.166 e. The van der Waals surface area contributed by atoms with Crippen LogP contribution in [-0.4, -0.2) is 31.2 Å². The Labute approximate surface area is 204 Å². The van der Waals surface area contributed by atoms with Gasteiger partial charge >= 0.3 is 0 Å². The minimum Gasteiger partial charge on any atom is -0.492 e. The lowest BCUT2D eigenvalue weighted by Crippen LogP contribution is -2.42. The molecule has 2 atom stereocenters. The number of nitrogens with one attached hydrogen (secondary N) is 2.